The molecule has 3 rings (SSSR count). The van der Waals surface area contributed by atoms with Gasteiger partial charge in [-0.3, -0.25) is 0 Å². The van der Waals surface area contributed by atoms with Crippen molar-refractivity contribution in [1.29, 1.82) is 5.26 Å². The summed E-state index contributed by atoms with van der Waals surface area (Å²) in [6.45, 7) is 1.16. The molecule has 20 heavy (non-hydrogen) atoms. The second kappa shape index (κ2) is 4.89. The summed E-state index contributed by atoms with van der Waals surface area (Å²) in [5.41, 5.74) is 1.14. The lowest BCUT2D eigenvalue weighted by Crippen LogP contribution is -2.31. The molecule has 0 spiro atoms. The topological polar surface area (TPSA) is 88.8 Å². The monoisotopic (exact) mass is 333 g/mol. The first-order valence-electron chi connectivity index (χ1n) is 6.16. The molecule has 1 aromatic heterocycles. The maximum Gasteiger partial charge on any atom is 0.129 e. The number of hydrogen-bond donors (Lipinski definition) is 2. The summed E-state index contributed by atoms with van der Waals surface area (Å²) in [6, 6.07) is 7.54. The van der Waals surface area contributed by atoms with Gasteiger partial charge in [-0.15, -0.1) is 0 Å². The van der Waals surface area contributed by atoms with Crippen LogP contribution in [0.1, 0.15) is 17.7 Å². The Morgan fingerprint density at radius 2 is 2.35 bits per heavy atom. The van der Waals surface area contributed by atoms with E-state index in [1.54, 1.807) is 18.3 Å². The summed E-state index contributed by atoms with van der Waals surface area (Å²) in [5, 5.41) is 29.8. The van der Waals surface area contributed by atoms with E-state index < -0.39 is 5.60 Å². The first-order chi connectivity index (χ1) is 9.62. The average molecular weight is 334 g/mol. The molecule has 1 fully saturated rings. The van der Waals surface area contributed by atoms with E-state index in [-0.39, 0.29) is 0 Å². The van der Waals surface area contributed by atoms with Crippen LogP contribution >= 0.6 is 15.9 Å². The molecule has 2 aromatic rings. The Balaban J connectivity index is 1.86. The summed E-state index contributed by atoms with van der Waals surface area (Å²) in [6.07, 6.45) is 2.14. The molecule has 1 atom stereocenters. The van der Waals surface area contributed by atoms with Crippen molar-refractivity contribution in [2.45, 2.75) is 12.0 Å². The number of aromatic amines is 1. The van der Waals surface area contributed by atoms with Crippen molar-refractivity contribution < 1.29 is 5.11 Å². The highest BCUT2D eigenvalue weighted by Crippen LogP contribution is 2.36. The van der Waals surface area contributed by atoms with E-state index in [9.17, 15) is 5.11 Å². The van der Waals surface area contributed by atoms with Crippen LogP contribution in [-0.2, 0) is 5.60 Å². The molecule has 2 heterocycles. The molecule has 0 bridgehead atoms. The van der Waals surface area contributed by atoms with E-state index in [1.165, 1.54) is 0 Å². The second-order valence-electron chi connectivity index (χ2n) is 4.84. The molecule has 102 valence electrons. The van der Waals surface area contributed by atoms with Gasteiger partial charge in [-0.25, -0.2) is 0 Å². The van der Waals surface area contributed by atoms with Crippen molar-refractivity contribution in [3.05, 3.63) is 40.1 Å². The van der Waals surface area contributed by atoms with Crippen LogP contribution in [0, 0.1) is 11.3 Å². The van der Waals surface area contributed by atoms with Gasteiger partial charge in [-0.1, -0.05) is 0 Å². The van der Waals surface area contributed by atoms with E-state index in [4.69, 9.17) is 5.26 Å². The fourth-order valence-corrected chi connectivity index (χ4v) is 3.10. The van der Waals surface area contributed by atoms with Gasteiger partial charge in [0.15, 0.2) is 0 Å². The Bertz CT molecular complexity index is 666. The van der Waals surface area contributed by atoms with Gasteiger partial charge < -0.3 is 10.0 Å². The molecular weight excluding hydrogens is 322 g/mol. The third kappa shape index (κ3) is 2.17. The van der Waals surface area contributed by atoms with Crippen LogP contribution in [0.25, 0.3) is 0 Å². The zero-order chi connectivity index (χ0) is 14.2. The van der Waals surface area contributed by atoms with E-state index in [2.05, 4.69) is 42.3 Å². The minimum absolute atomic E-state index is 0.448. The molecule has 1 saturated heterocycles. The molecule has 1 aliphatic heterocycles. The number of β-amino-alcohol motifs (C(OH)–C–C–N with tert-alkyl or cyclic N) is 1. The molecule has 0 amide bonds. The minimum Gasteiger partial charge on any atom is -0.381 e. The van der Waals surface area contributed by atoms with Crippen molar-refractivity contribution in [3.8, 4) is 6.07 Å². The molecule has 0 radical (unpaired) electrons. The zero-order valence-electron chi connectivity index (χ0n) is 10.5. The molecule has 0 aliphatic carbocycles. The van der Waals surface area contributed by atoms with Crippen LogP contribution in [0.4, 0.5) is 5.69 Å². The molecular formula is C13H12BrN5O. The van der Waals surface area contributed by atoms with Crippen LogP contribution in [0.15, 0.2) is 28.9 Å². The smallest absolute Gasteiger partial charge is 0.129 e. The summed E-state index contributed by atoms with van der Waals surface area (Å²) in [7, 11) is 0. The highest BCUT2D eigenvalue weighted by molar-refractivity contribution is 9.10. The zero-order valence-corrected chi connectivity index (χ0v) is 12.1. The average Bonchev–Trinajstić information content (AvgIpc) is 3.09. The van der Waals surface area contributed by atoms with Gasteiger partial charge in [0.05, 0.1) is 30.1 Å². The number of benzene rings is 1. The third-order valence-electron chi connectivity index (χ3n) is 3.56. The van der Waals surface area contributed by atoms with Crippen molar-refractivity contribution >= 4 is 21.6 Å². The Labute approximate surface area is 124 Å². The lowest BCUT2D eigenvalue weighted by Gasteiger charge is -2.23. The maximum atomic E-state index is 10.6. The molecule has 0 unspecified atom stereocenters. The number of rotatable bonds is 2. The molecule has 6 nitrogen and oxygen atoms in total. The standard InChI is InChI=1S/C13H12BrN5O/c14-10-5-9(6-15)1-2-11(10)19-4-3-13(20,8-19)12-7-16-18-17-12/h1-2,5,7,20H,3-4,8H2,(H,16,17,18)/t13-/m1/s1. The number of nitriles is 1. The van der Waals surface area contributed by atoms with Gasteiger partial charge in [-0.2, -0.15) is 20.7 Å². The van der Waals surface area contributed by atoms with Crippen LogP contribution in [0.2, 0.25) is 0 Å². The number of aromatic nitrogens is 3. The second-order valence-corrected chi connectivity index (χ2v) is 5.69. The molecule has 1 aromatic carbocycles. The number of nitrogens with one attached hydrogen (secondary N) is 1. The van der Waals surface area contributed by atoms with Crippen molar-refractivity contribution in [3.63, 3.8) is 0 Å². The third-order valence-corrected chi connectivity index (χ3v) is 4.19. The van der Waals surface area contributed by atoms with E-state index in [0.717, 1.165) is 10.2 Å². The summed E-state index contributed by atoms with van der Waals surface area (Å²) in [4.78, 5) is 2.07. The summed E-state index contributed by atoms with van der Waals surface area (Å²) < 4.78 is 0.848. The number of H-pyrrole nitrogens is 1. The largest absolute Gasteiger partial charge is 0.381 e. The summed E-state index contributed by atoms with van der Waals surface area (Å²) >= 11 is 3.48. The van der Waals surface area contributed by atoms with Crippen LogP contribution < -0.4 is 4.90 Å². The first-order valence-corrected chi connectivity index (χ1v) is 6.95. The summed E-state index contributed by atoms with van der Waals surface area (Å²) in [5.74, 6) is 0. The number of anilines is 1. The van der Waals surface area contributed by atoms with Crippen LogP contribution in [-0.4, -0.2) is 33.6 Å². The van der Waals surface area contributed by atoms with E-state index in [1.807, 2.05) is 6.07 Å². The van der Waals surface area contributed by atoms with Gasteiger partial charge in [0.2, 0.25) is 0 Å². The van der Waals surface area contributed by atoms with Crippen LogP contribution in [0.3, 0.4) is 0 Å². The van der Waals surface area contributed by atoms with Gasteiger partial charge in [0, 0.05) is 17.4 Å². The number of halogens is 1. The van der Waals surface area contributed by atoms with Gasteiger partial charge in [0.1, 0.15) is 11.3 Å². The number of aliphatic hydroxyl groups is 1. The Hall–Kier alpha value is -1.91. The predicted molar refractivity (Wildman–Crippen MR) is 76.0 cm³/mol. The SMILES string of the molecule is N#Cc1ccc(N2CC[C@](O)(c3cn[nH]n3)C2)c(Br)c1. The molecule has 7 heteroatoms. The Morgan fingerprint density at radius 1 is 1.50 bits per heavy atom. The fraction of sp³-hybridized carbons (Fsp3) is 0.308. The highest BCUT2D eigenvalue weighted by Gasteiger charge is 2.40. The van der Waals surface area contributed by atoms with Gasteiger partial charge >= 0.3 is 0 Å². The van der Waals surface area contributed by atoms with Crippen molar-refractivity contribution in [1.82, 2.24) is 15.4 Å². The molecule has 0 saturated carbocycles. The van der Waals surface area contributed by atoms with E-state index >= 15 is 0 Å². The maximum absolute atomic E-state index is 10.6. The Morgan fingerprint density at radius 3 is 3.00 bits per heavy atom. The minimum atomic E-state index is -0.986. The predicted octanol–water partition coefficient (Wildman–Crippen LogP) is 1.54. The first kappa shape index (κ1) is 13.1. The normalized spacial score (nSPS) is 21.9. The lowest BCUT2D eigenvalue weighted by atomic mass is 10.00. The van der Waals surface area contributed by atoms with E-state index in [0.29, 0.717) is 30.8 Å². The Kier molecular flexibility index (Phi) is 3.20. The number of hydrogen-bond acceptors (Lipinski definition) is 5. The van der Waals surface area contributed by atoms with Crippen LogP contribution in [0.5, 0.6) is 0 Å². The quantitative estimate of drug-likeness (QED) is 0.870. The number of nitrogens with zero attached hydrogens (tertiary/aromatic N) is 4. The van der Waals surface area contributed by atoms with Crippen molar-refractivity contribution in [2.24, 2.45) is 0 Å². The van der Waals surface area contributed by atoms with Gasteiger partial charge in [-0.05, 0) is 34.1 Å². The van der Waals surface area contributed by atoms with Gasteiger partial charge in [0.25, 0.3) is 0 Å². The molecule has 1 aliphatic rings. The fourth-order valence-electron chi connectivity index (χ4n) is 2.47. The highest BCUT2D eigenvalue weighted by atomic mass is 79.9. The van der Waals surface area contributed by atoms with Crippen molar-refractivity contribution in [2.75, 3.05) is 18.0 Å². The lowest BCUT2D eigenvalue weighted by molar-refractivity contribution is 0.0560. The molecule has 2 N–H and O–H groups in total.